The zero-order valence-electron chi connectivity index (χ0n) is 16.9. The summed E-state index contributed by atoms with van der Waals surface area (Å²) in [6, 6.07) is 9.50. The zero-order chi connectivity index (χ0) is 23.8. The van der Waals surface area contributed by atoms with Gasteiger partial charge in [0.1, 0.15) is 16.2 Å². The molecule has 32 heavy (non-hydrogen) atoms. The molecule has 0 radical (unpaired) electrons. The van der Waals surface area contributed by atoms with E-state index in [1.807, 2.05) is 24.9 Å². The second kappa shape index (κ2) is 12.4. The molecule has 0 bridgehead atoms. The van der Waals surface area contributed by atoms with E-state index in [-0.39, 0.29) is 15.8 Å². The third-order valence-electron chi connectivity index (χ3n) is 3.87. The molecule has 0 saturated heterocycles. The first-order valence-electron chi connectivity index (χ1n) is 8.96. The van der Waals surface area contributed by atoms with Crippen LogP contribution < -0.4 is 5.46 Å². The molecule has 12 heteroatoms. The molecule has 0 atom stereocenters. The van der Waals surface area contributed by atoms with Gasteiger partial charge in [-0.25, -0.2) is 18.7 Å². The van der Waals surface area contributed by atoms with Crippen molar-refractivity contribution in [1.29, 1.82) is 0 Å². The SMILES string of the molecule is Cn1cnc(-c2cccc(Br)c2F)c1.Cn1cnc(Br)c1.OB(O)c1cccc(Br)c1F. The lowest BCUT2D eigenvalue weighted by Gasteiger charge is -2.01. The fraction of sp³-hybridized carbons (Fsp3) is 0.100. The maximum Gasteiger partial charge on any atom is 0.491 e. The lowest BCUT2D eigenvalue weighted by atomic mass is 9.80. The number of hydrogen-bond donors (Lipinski definition) is 2. The summed E-state index contributed by atoms with van der Waals surface area (Å²) < 4.78 is 31.7. The van der Waals surface area contributed by atoms with Gasteiger partial charge in [0.2, 0.25) is 0 Å². The molecular weight excluding hydrogens is 617 g/mol. The van der Waals surface area contributed by atoms with Crippen LogP contribution in [0.15, 0.2) is 75.0 Å². The third kappa shape index (κ3) is 7.63. The highest BCUT2D eigenvalue weighted by Gasteiger charge is 2.17. The first kappa shape index (κ1) is 26.4. The third-order valence-corrected chi connectivity index (χ3v) is 5.50. The number of imidazole rings is 2. The second-order valence-corrected chi connectivity index (χ2v) is 8.93. The molecule has 4 rings (SSSR count). The van der Waals surface area contributed by atoms with E-state index in [9.17, 15) is 8.78 Å². The van der Waals surface area contributed by atoms with E-state index in [0.717, 1.165) is 4.60 Å². The van der Waals surface area contributed by atoms with Crippen molar-refractivity contribution in [1.82, 2.24) is 19.1 Å². The van der Waals surface area contributed by atoms with Crippen LogP contribution in [0.1, 0.15) is 0 Å². The predicted octanol–water partition coefficient (Wildman–Crippen LogP) is 4.44. The summed E-state index contributed by atoms with van der Waals surface area (Å²) in [7, 11) is 2.02. The van der Waals surface area contributed by atoms with E-state index >= 15 is 0 Å². The van der Waals surface area contributed by atoms with Gasteiger partial charge in [-0.1, -0.05) is 18.2 Å². The Morgan fingerprint density at radius 2 is 1.38 bits per heavy atom. The monoisotopic (exact) mass is 632 g/mol. The fourth-order valence-electron chi connectivity index (χ4n) is 2.35. The van der Waals surface area contributed by atoms with Crippen molar-refractivity contribution in [2.24, 2.45) is 14.1 Å². The maximum atomic E-state index is 13.6. The van der Waals surface area contributed by atoms with Gasteiger partial charge in [-0.2, -0.15) is 0 Å². The summed E-state index contributed by atoms with van der Waals surface area (Å²) in [6.45, 7) is 0. The summed E-state index contributed by atoms with van der Waals surface area (Å²) in [4.78, 5) is 7.99. The van der Waals surface area contributed by atoms with E-state index in [4.69, 9.17) is 10.0 Å². The van der Waals surface area contributed by atoms with Crippen molar-refractivity contribution in [3.63, 3.8) is 0 Å². The van der Waals surface area contributed by atoms with Crippen molar-refractivity contribution in [2.75, 3.05) is 0 Å². The number of hydrogen-bond acceptors (Lipinski definition) is 4. The van der Waals surface area contributed by atoms with E-state index in [1.165, 1.54) is 18.2 Å². The molecule has 0 fully saturated rings. The summed E-state index contributed by atoms with van der Waals surface area (Å²) in [5, 5.41) is 17.2. The highest BCUT2D eigenvalue weighted by Crippen LogP contribution is 2.26. The van der Waals surface area contributed by atoms with E-state index in [2.05, 4.69) is 57.8 Å². The summed E-state index contributed by atoms with van der Waals surface area (Å²) >= 11 is 9.26. The molecule has 0 unspecified atom stereocenters. The number of rotatable bonds is 2. The molecule has 0 saturated carbocycles. The van der Waals surface area contributed by atoms with Crippen LogP contribution in [0.4, 0.5) is 8.78 Å². The molecule has 0 amide bonds. The fourth-order valence-corrected chi connectivity index (χ4v) is 3.52. The normalized spacial score (nSPS) is 10.0. The summed E-state index contributed by atoms with van der Waals surface area (Å²) in [6.07, 6.45) is 7.06. The van der Waals surface area contributed by atoms with Crippen molar-refractivity contribution in [2.45, 2.75) is 0 Å². The maximum absolute atomic E-state index is 13.6. The number of nitrogens with zero attached hydrogens (tertiary/aromatic N) is 4. The van der Waals surface area contributed by atoms with Crippen LogP contribution in [-0.2, 0) is 14.1 Å². The molecule has 4 aromatic rings. The minimum Gasteiger partial charge on any atom is -0.423 e. The first-order chi connectivity index (χ1) is 15.1. The lowest BCUT2D eigenvalue weighted by molar-refractivity contribution is 0.423. The van der Waals surface area contributed by atoms with Crippen molar-refractivity contribution < 1.29 is 18.8 Å². The molecule has 6 nitrogen and oxygen atoms in total. The average molecular weight is 635 g/mol. The molecule has 0 aliphatic heterocycles. The van der Waals surface area contributed by atoms with Crippen LogP contribution in [0.25, 0.3) is 11.3 Å². The van der Waals surface area contributed by atoms with Crippen LogP contribution in [-0.4, -0.2) is 36.3 Å². The van der Waals surface area contributed by atoms with Crippen LogP contribution in [0.3, 0.4) is 0 Å². The molecule has 2 N–H and O–H groups in total. The van der Waals surface area contributed by atoms with Crippen LogP contribution in [0, 0.1) is 11.6 Å². The molecular formula is C20H18BBr3F2N4O2. The van der Waals surface area contributed by atoms with Crippen molar-refractivity contribution in [3.8, 4) is 11.3 Å². The number of benzene rings is 2. The molecule has 2 aromatic carbocycles. The average Bonchev–Trinajstić information content (AvgIpc) is 3.34. The second-order valence-electron chi connectivity index (χ2n) is 6.40. The Balaban J connectivity index is 0.000000180. The largest absolute Gasteiger partial charge is 0.491 e. The van der Waals surface area contributed by atoms with E-state index < -0.39 is 12.9 Å². The Morgan fingerprint density at radius 3 is 1.81 bits per heavy atom. The van der Waals surface area contributed by atoms with Gasteiger partial charge in [-0.3, -0.25) is 0 Å². The van der Waals surface area contributed by atoms with Gasteiger partial charge in [0.05, 0.1) is 27.3 Å². The van der Waals surface area contributed by atoms with Crippen LogP contribution in [0.5, 0.6) is 0 Å². The van der Waals surface area contributed by atoms with E-state index in [1.54, 1.807) is 41.6 Å². The van der Waals surface area contributed by atoms with Gasteiger partial charge in [0.15, 0.2) is 0 Å². The Labute approximate surface area is 209 Å². The summed E-state index contributed by atoms with van der Waals surface area (Å²) in [5.74, 6) is -0.909. The van der Waals surface area contributed by atoms with Gasteiger partial charge < -0.3 is 19.2 Å². The molecule has 2 heterocycles. The number of aromatic nitrogens is 4. The van der Waals surface area contributed by atoms with Gasteiger partial charge in [0.25, 0.3) is 0 Å². The van der Waals surface area contributed by atoms with Gasteiger partial charge in [-0.05, 0) is 66.0 Å². The van der Waals surface area contributed by atoms with Crippen molar-refractivity contribution in [3.05, 3.63) is 86.6 Å². The minimum atomic E-state index is -1.76. The lowest BCUT2D eigenvalue weighted by Crippen LogP contribution is -2.32. The topological polar surface area (TPSA) is 76.1 Å². The van der Waals surface area contributed by atoms with Gasteiger partial charge in [0, 0.05) is 37.5 Å². The summed E-state index contributed by atoms with van der Waals surface area (Å²) in [5.41, 5.74) is 1.03. The number of aryl methyl sites for hydroxylation is 2. The highest BCUT2D eigenvalue weighted by molar-refractivity contribution is 9.11. The Kier molecular flexibility index (Phi) is 10.2. The first-order valence-corrected chi connectivity index (χ1v) is 11.3. The minimum absolute atomic E-state index is 0.126. The van der Waals surface area contributed by atoms with Crippen molar-refractivity contribution >= 4 is 60.4 Å². The Morgan fingerprint density at radius 1 is 0.812 bits per heavy atom. The number of halogens is 5. The molecule has 0 aliphatic rings. The van der Waals surface area contributed by atoms with Gasteiger partial charge >= 0.3 is 7.12 Å². The smallest absolute Gasteiger partial charge is 0.423 e. The predicted molar refractivity (Wildman–Crippen MR) is 131 cm³/mol. The Bertz CT molecular complexity index is 1150. The van der Waals surface area contributed by atoms with E-state index in [0.29, 0.717) is 15.7 Å². The molecule has 2 aromatic heterocycles. The molecule has 0 aliphatic carbocycles. The quantitative estimate of drug-likeness (QED) is 0.320. The highest BCUT2D eigenvalue weighted by atomic mass is 79.9. The van der Waals surface area contributed by atoms with Crippen LogP contribution >= 0.6 is 47.8 Å². The van der Waals surface area contributed by atoms with Gasteiger partial charge in [-0.15, -0.1) is 0 Å². The van der Waals surface area contributed by atoms with Crippen LogP contribution in [0.2, 0.25) is 0 Å². The Hall–Kier alpha value is -1.86. The zero-order valence-corrected chi connectivity index (χ0v) is 21.7. The molecule has 0 spiro atoms. The molecule has 168 valence electrons. The standard InChI is InChI=1S/C10H8BrFN2.C6H5BBrFO2.C4H5BrN2/c1-14-5-9(13-6-14)7-3-2-4-8(11)10(7)12;8-5-3-1-2-4(6(5)9)7(10)11;1-7-2-4(5)6-3-7/h2-6H,1H3;1-3,10-11H;2-3H,1H3.